The number of hydrogen-bond acceptors (Lipinski definition) is 4. The molecule has 120 valence electrons. The zero-order valence-corrected chi connectivity index (χ0v) is 13.8. The molecular formula is C16H29N3O2. The van der Waals surface area contributed by atoms with E-state index in [9.17, 15) is 0 Å². The average molecular weight is 295 g/mol. The van der Waals surface area contributed by atoms with Crippen molar-refractivity contribution in [3.05, 3.63) is 17.0 Å². The molecule has 5 heteroatoms. The van der Waals surface area contributed by atoms with Crippen LogP contribution < -0.4 is 5.32 Å². The Morgan fingerprint density at radius 2 is 2.14 bits per heavy atom. The summed E-state index contributed by atoms with van der Waals surface area (Å²) in [6, 6.07) is 0. The van der Waals surface area contributed by atoms with Crippen LogP contribution in [0, 0.1) is 13.8 Å². The van der Waals surface area contributed by atoms with Crippen molar-refractivity contribution < 1.29 is 9.47 Å². The fourth-order valence-electron chi connectivity index (χ4n) is 3.00. The molecule has 1 aromatic heterocycles. The van der Waals surface area contributed by atoms with Crippen LogP contribution in [0.5, 0.6) is 0 Å². The van der Waals surface area contributed by atoms with Gasteiger partial charge in [-0.05, 0) is 52.1 Å². The van der Waals surface area contributed by atoms with Gasteiger partial charge in [0.2, 0.25) is 0 Å². The summed E-state index contributed by atoms with van der Waals surface area (Å²) in [6.07, 6.45) is 4.05. The Morgan fingerprint density at radius 3 is 2.81 bits per heavy atom. The van der Waals surface area contributed by atoms with Gasteiger partial charge in [0.25, 0.3) is 0 Å². The molecular weight excluding hydrogens is 266 g/mol. The lowest BCUT2D eigenvalue weighted by Gasteiger charge is -2.12. The van der Waals surface area contributed by atoms with Gasteiger partial charge < -0.3 is 14.8 Å². The summed E-state index contributed by atoms with van der Waals surface area (Å²) < 4.78 is 13.1. The highest BCUT2D eigenvalue weighted by atomic mass is 16.5. The lowest BCUT2D eigenvalue weighted by Crippen LogP contribution is -2.22. The highest BCUT2D eigenvalue weighted by Crippen LogP contribution is 2.22. The molecule has 1 fully saturated rings. The summed E-state index contributed by atoms with van der Waals surface area (Å²) >= 11 is 0. The number of hydrogen-bond donors (Lipinski definition) is 1. The van der Waals surface area contributed by atoms with Crippen molar-refractivity contribution >= 4 is 0 Å². The summed E-state index contributed by atoms with van der Waals surface area (Å²) in [7, 11) is 1.73. The van der Waals surface area contributed by atoms with Crippen LogP contribution in [0.25, 0.3) is 0 Å². The van der Waals surface area contributed by atoms with Gasteiger partial charge in [0.1, 0.15) is 0 Å². The van der Waals surface area contributed by atoms with Gasteiger partial charge in [-0.2, -0.15) is 5.10 Å². The topological polar surface area (TPSA) is 48.3 Å². The van der Waals surface area contributed by atoms with Gasteiger partial charge in [-0.1, -0.05) is 0 Å². The fourth-order valence-corrected chi connectivity index (χ4v) is 3.00. The van der Waals surface area contributed by atoms with Gasteiger partial charge >= 0.3 is 0 Å². The maximum absolute atomic E-state index is 5.91. The second-order valence-corrected chi connectivity index (χ2v) is 5.97. The molecule has 2 heterocycles. The van der Waals surface area contributed by atoms with E-state index in [1.807, 2.05) is 0 Å². The van der Waals surface area contributed by atoms with Crippen molar-refractivity contribution in [2.45, 2.75) is 58.8 Å². The third-order valence-corrected chi connectivity index (χ3v) is 4.26. The minimum absolute atomic E-state index is 0.325. The van der Waals surface area contributed by atoms with E-state index >= 15 is 0 Å². The van der Waals surface area contributed by atoms with Crippen LogP contribution in [0.3, 0.4) is 0 Å². The predicted octanol–water partition coefficient (Wildman–Crippen LogP) is 1.85. The second kappa shape index (κ2) is 7.92. The Labute approximate surface area is 128 Å². The Morgan fingerprint density at radius 1 is 1.33 bits per heavy atom. The smallest absolute Gasteiger partial charge is 0.0775 e. The van der Waals surface area contributed by atoms with Crippen LogP contribution in [0.1, 0.15) is 36.7 Å². The minimum Gasteiger partial charge on any atom is -0.383 e. The SMILES string of the molecule is COCCNCCc1c(C)nn(CC2CCC(C)O2)c1C. The molecule has 1 aliphatic rings. The maximum Gasteiger partial charge on any atom is 0.0775 e. The fraction of sp³-hybridized carbons (Fsp3) is 0.812. The minimum atomic E-state index is 0.325. The zero-order chi connectivity index (χ0) is 15.2. The molecule has 0 amide bonds. The molecule has 2 atom stereocenters. The molecule has 21 heavy (non-hydrogen) atoms. The number of nitrogens with one attached hydrogen (secondary N) is 1. The van der Waals surface area contributed by atoms with Gasteiger partial charge in [0.15, 0.2) is 0 Å². The standard InChI is InChI=1S/C16H29N3O2/c1-12-5-6-15(21-12)11-19-14(3)16(13(2)18-19)7-8-17-9-10-20-4/h12,15,17H,5-11H2,1-4H3. The van der Waals surface area contributed by atoms with Crippen LogP contribution in [0.15, 0.2) is 0 Å². The van der Waals surface area contributed by atoms with Crippen LogP contribution in [0.4, 0.5) is 0 Å². The molecule has 1 aromatic rings. The normalized spacial score (nSPS) is 22.1. The monoisotopic (exact) mass is 295 g/mol. The molecule has 2 rings (SSSR count). The van der Waals surface area contributed by atoms with Gasteiger partial charge in [0.05, 0.1) is 31.1 Å². The Hall–Kier alpha value is -0.910. The third kappa shape index (κ3) is 4.53. The van der Waals surface area contributed by atoms with Crippen molar-refractivity contribution in [1.29, 1.82) is 0 Å². The Balaban J connectivity index is 1.87. The van der Waals surface area contributed by atoms with Gasteiger partial charge in [0, 0.05) is 19.3 Å². The first-order valence-electron chi connectivity index (χ1n) is 7.99. The Kier molecular flexibility index (Phi) is 6.21. The van der Waals surface area contributed by atoms with Gasteiger partial charge in [-0.15, -0.1) is 0 Å². The highest BCUT2D eigenvalue weighted by molar-refractivity contribution is 5.25. The van der Waals surface area contributed by atoms with E-state index in [-0.39, 0.29) is 0 Å². The van der Waals surface area contributed by atoms with E-state index in [0.29, 0.717) is 12.2 Å². The summed E-state index contributed by atoms with van der Waals surface area (Å²) in [5, 5.41) is 8.09. The molecule has 1 saturated heterocycles. The van der Waals surface area contributed by atoms with Crippen molar-refractivity contribution in [3.8, 4) is 0 Å². The van der Waals surface area contributed by atoms with Crippen molar-refractivity contribution in [3.63, 3.8) is 0 Å². The van der Waals surface area contributed by atoms with E-state index in [4.69, 9.17) is 14.6 Å². The summed E-state index contributed by atoms with van der Waals surface area (Å²) in [6.45, 7) is 9.93. The summed E-state index contributed by atoms with van der Waals surface area (Å²) in [5.74, 6) is 0. The lowest BCUT2D eigenvalue weighted by atomic mass is 10.1. The van der Waals surface area contributed by atoms with E-state index in [1.54, 1.807) is 7.11 Å². The zero-order valence-electron chi connectivity index (χ0n) is 13.8. The lowest BCUT2D eigenvalue weighted by molar-refractivity contribution is 0.0433. The molecule has 2 unspecified atom stereocenters. The van der Waals surface area contributed by atoms with E-state index < -0.39 is 0 Å². The first-order valence-corrected chi connectivity index (χ1v) is 7.99. The van der Waals surface area contributed by atoms with Crippen LogP contribution in [-0.4, -0.2) is 48.8 Å². The number of rotatable bonds is 8. The van der Waals surface area contributed by atoms with E-state index in [0.717, 1.165) is 44.8 Å². The second-order valence-electron chi connectivity index (χ2n) is 5.97. The Bertz CT molecular complexity index is 445. The predicted molar refractivity (Wildman–Crippen MR) is 83.7 cm³/mol. The molecule has 0 spiro atoms. The molecule has 5 nitrogen and oxygen atoms in total. The first kappa shape index (κ1) is 16.5. The number of aryl methyl sites for hydroxylation is 1. The van der Waals surface area contributed by atoms with E-state index in [1.165, 1.54) is 17.7 Å². The van der Waals surface area contributed by atoms with Gasteiger partial charge in [-0.3, -0.25) is 4.68 Å². The summed E-state index contributed by atoms with van der Waals surface area (Å²) in [5.41, 5.74) is 3.79. The molecule has 0 aliphatic carbocycles. The van der Waals surface area contributed by atoms with Gasteiger partial charge in [-0.25, -0.2) is 0 Å². The largest absolute Gasteiger partial charge is 0.383 e. The molecule has 1 aliphatic heterocycles. The number of methoxy groups -OCH3 is 1. The number of ether oxygens (including phenoxy) is 2. The summed E-state index contributed by atoms with van der Waals surface area (Å²) in [4.78, 5) is 0. The number of aromatic nitrogens is 2. The molecule has 1 N–H and O–H groups in total. The average Bonchev–Trinajstić information content (AvgIpc) is 2.96. The van der Waals surface area contributed by atoms with Crippen LogP contribution in [-0.2, 0) is 22.4 Å². The quantitative estimate of drug-likeness (QED) is 0.744. The van der Waals surface area contributed by atoms with E-state index in [2.05, 4.69) is 30.8 Å². The van der Waals surface area contributed by atoms with Crippen molar-refractivity contribution in [2.75, 3.05) is 26.8 Å². The molecule has 0 radical (unpaired) electrons. The first-order chi connectivity index (χ1) is 10.1. The van der Waals surface area contributed by atoms with Crippen molar-refractivity contribution in [1.82, 2.24) is 15.1 Å². The molecule has 0 saturated carbocycles. The van der Waals surface area contributed by atoms with Crippen LogP contribution in [0.2, 0.25) is 0 Å². The third-order valence-electron chi connectivity index (χ3n) is 4.26. The number of nitrogens with zero attached hydrogens (tertiary/aromatic N) is 2. The molecule has 0 aromatic carbocycles. The molecule has 0 bridgehead atoms. The van der Waals surface area contributed by atoms with Crippen LogP contribution >= 0.6 is 0 Å². The maximum atomic E-state index is 5.91. The highest BCUT2D eigenvalue weighted by Gasteiger charge is 2.23. The van der Waals surface area contributed by atoms with Crippen molar-refractivity contribution in [2.24, 2.45) is 0 Å².